The van der Waals surface area contributed by atoms with Gasteiger partial charge in [-0.2, -0.15) is 0 Å². The van der Waals surface area contributed by atoms with Gasteiger partial charge in [0.05, 0.1) is 12.2 Å². The number of rotatable bonds is 3. The van der Waals surface area contributed by atoms with Crippen LogP contribution in [0.1, 0.15) is 55.8 Å². The van der Waals surface area contributed by atoms with E-state index in [9.17, 15) is 4.79 Å². The van der Waals surface area contributed by atoms with Gasteiger partial charge >= 0.3 is 0 Å². The van der Waals surface area contributed by atoms with Crippen molar-refractivity contribution in [2.24, 2.45) is 5.73 Å². The minimum Gasteiger partial charge on any atom is -0.382 e. The van der Waals surface area contributed by atoms with Crippen LogP contribution in [-0.2, 0) is 5.41 Å². The Hall–Kier alpha value is -2.48. The number of anilines is 2. The van der Waals surface area contributed by atoms with E-state index in [4.69, 9.17) is 16.0 Å². The van der Waals surface area contributed by atoms with E-state index in [0.717, 1.165) is 0 Å². The molecule has 0 spiro atoms. The summed E-state index contributed by atoms with van der Waals surface area (Å²) in [6.45, 7) is 7.67. The van der Waals surface area contributed by atoms with Gasteiger partial charge in [0.15, 0.2) is 17.3 Å². The monoisotopic (exact) mass is 304 g/mol. The molecule has 2 heterocycles. The number of nitrogens with one attached hydrogen (secondary N) is 1. The van der Waals surface area contributed by atoms with Crippen molar-refractivity contribution in [2.75, 3.05) is 11.1 Å². The molecule has 0 saturated heterocycles. The van der Waals surface area contributed by atoms with Gasteiger partial charge in [-0.15, -0.1) is 0 Å². The Morgan fingerprint density at radius 1 is 1.41 bits per heavy atom. The van der Waals surface area contributed by atoms with Crippen molar-refractivity contribution in [3.8, 4) is 0 Å². The smallest absolute Gasteiger partial charge is 0.277 e. The van der Waals surface area contributed by atoms with Gasteiger partial charge in [-0.25, -0.2) is 9.97 Å². The van der Waals surface area contributed by atoms with E-state index in [1.54, 1.807) is 6.92 Å². The Morgan fingerprint density at radius 2 is 2.09 bits per heavy atom. The molecular formula is C14H20N6O2. The zero-order valence-electron chi connectivity index (χ0n) is 13.0. The summed E-state index contributed by atoms with van der Waals surface area (Å²) in [5, 5.41) is 6.28. The minimum absolute atomic E-state index is 0.117. The van der Waals surface area contributed by atoms with Gasteiger partial charge in [0, 0.05) is 11.5 Å². The molecule has 118 valence electrons. The van der Waals surface area contributed by atoms with Crippen molar-refractivity contribution in [3.63, 3.8) is 0 Å². The molecule has 8 nitrogen and oxygen atoms in total. The summed E-state index contributed by atoms with van der Waals surface area (Å²) in [5.41, 5.74) is 11.7. The first kappa shape index (κ1) is 15.9. The number of hydrogen-bond acceptors (Lipinski definition) is 7. The molecule has 2 aromatic heterocycles. The fourth-order valence-corrected chi connectivity index (χ4v) is 1.65. The number of nitrogens with zero attached hydrogens (tertiary/aromatic N) is 3. The Balaban J connectivity index is 2.18. The number of nitrogen functional groups attached to an aromatic ring is 1. The maximum Gasteiger partial charge on any atom is 0.277 e. The standard InChI is InChI=1S/C14H20N6O2/c1-7(15)10-5-8(20-22-10)12(21)18-9-6-17-13(14(2,3)4)19-11(9)16/h5-7H,15H2,1-4H3,(H,18,21)(H2,16,17,19)/t7-/m1/s1. The van der Waals surface area contributed by atoms with Crippen LogP contribution in [0.4, 0.5) is 11.5 Å². The predicted molar refractivity (Wildman–Crippen MR) is 82.2 cm³/mol. The highest BCUT2D eigenvalue weighted by molar-refractivity contribution is 6.04. The number of hydrogen-bond donors (Lipinski definition) is 3. The minimum atomic E-state index is -0.463. The van der Waals surface area contributed by atoms with Crippen molar-refractivity contribution in [2.45, 2.75) is 39.2 Å². The molecule has 2 aromatic rings. The van der Waals surface area contributed by atoms with E-state index in [2.05, 4.69) is 20.4 Å². The van der Waals surface area contributed by atoms with Crippen molar-refractivity contribution in [1.82, 2.24) is 15.1 Å². The largest absolute Gasteiger partial charge is 0.382 e. The van der Waals surface area contributed by atoms with Gasteiger partial charge in [-0.05, 0) is 6.92 Å². The SMILES string of the molecule is C[C@@H](N)c1cc(C(=O)Nc2cnc(C(C)(C)C)nc2N)no1. The van der Waals surface area contributed by atoms with Gasteiger partial charge in [-0.3, -0.25) is 4.79 Å². The van der Waals surface area contributed by atoms with Crippen LogP contribution in [-0.4, -0.2) is 21.0 Å². The molecule has 2 rings (SSSR count). The third-order valence-electron chi connectivity index (χ3n) is 2.95. The van der Waals surface area contributed by atoms with Gasteiger partial charge in [-0.1, -0.05) is 25.9 Å². The average Bonchev–Trinajstić information content (AvgIpc) is 2.89. The average molecular weight is 304 g/mol. The first-order chi connectivity index (χ1) is 10.2. The number of nitrogens with two attached hydrogens (primary N) is 2. The topological polar surface area (TPSA) is 133 Å². The lowest BCUT2D eigenvalue weighted by molar-refractivity contribution is 0.101. The van der Waals surface area contributed by atoms with Crippen LogP contribution < -0.4 is 16.8 Å². The maximum atomic E-state index is 12.1. The van der Waals surface area contributed by atoms with Crippen molar-refractivity contribution in [3.05, 3.63) is 29.5 Å². The molecule has 0 aliphatic rings. The molecule has 1 amide bonds. The van der Waals surface area contributed by atoms with Crippen LogP contribution in [0.2, 0.25) is 0 Å². The van der Waals surface area contributed by atoms with Crippen LogP contribution >= 0.6 is 0 Å². The first-order valence-electron chi connectivity index (χ1n) is 6.85. The number of aromatic nitrogens is 3. The van der Waals surface area contributed by atoms with Crippen LogP contribution in [0.25, 0.3) is 0 Å². The third kappa shape index (κ3) is 3.40. The van der Waals surface area contributed by atoms with Gasteiger partial charge in [0.1, 0.15) is 11.5 Å². The lowest BCUT2D eigenvalue weighted by atomic mass is 9.96. The molecule has 1 atom stereocenters. The highest BCUT2D eigenvalue weighted by Gasteiger charge is 2.20. The number of carbonyl (C=O) groups is 1. The number of carbonyl (C=O) groups excluding carboxylic acids is 1. The molecule has 22 heavy (non-hydrogen) atoms. The van der Waals surface area contributed by atoms with E-state index in [1.807, 2.05) is 20.8 Å². The molecule has 5 N–H and O–H groups in total. The third-order valence-corrected chi connectivity index (χ3v) is 2.95. The summed E-state index contributed by atoms with van der Waals surface area (Å²) < 4.78 is 4.98. The Labute approximate surface area is 128 Å². The fourth-order valence-electron chi connectivity index (χ4n) is 1.65. The molecule has 0 aromatic carbocycles. The molecule has 0 fully saturated rings. The van der Waals surface area contributed by atoms with E-state index >= 15 is 0 Å². The summed E-state index contributed by atoms with van der Waals surface area (Å²) in [5.74, 6) is 0.764. The lowest BCUT2D eigenvalue weighted by Crippen LogP contribution is -2.19. The van der Waals surface area contributed by atoms with Gasteiger partial charge in [0.2, 0.25) is 0 Å². The molecular weight excluding hydrogens is 284 g/mol. The van der Waals surface area contributed by atoms with Crippen molar-refractivity contribution >= 4 is 17.4 Å². The lowest BCUT2D eigenvalue weighted by Gasteiger charge is -2.17. The first-order valence-corrected chi connectivity index (χ1v) is 6.85. The maximum absolute atomic E-state index is 12.1. The quantitative estimate of drug-likeness (QED) is 0.784. The molecule has 0 aliphatic carbocycles. The van der Waals surface area contributed by atoms with E-state index in [0.29, 0.717) is 17.3 Å². The molecule has 0 bridgehead atoms. The van der Waals surface area contributed by atoms with Crippen molar-refractivity contribution in [1.29, 1.82) is 0 Å². The van der Waals surface area contributed by atoms with Crippen LogP contribution in [0, 0.1) is 0 Å². The summed E-state index contributed by atoms with van der Waals surface area (Å²) in [4.78, 5) is 20.5. The Kier molecular flexibility index (Phi) is 4.14. The fraction of sp³-hybridized carbons (Fsp3) is 0.429. The predicted octanol–water partition coefficient (Wildman–Crippen LogP) is 1.62. The number of amides is 1. The van der Waals surface area contributed by atoms with Crippen LogP contribution in [0.15, 0.2) is 16.8 Å². The van der Waals surface area contributed by atoms with E-state index < -0.39 is 5.91 Å². The van der Waals surface area contributed by atoms with Gasteiger partial charge in [0.25, 0.3) is 5.91 Å². The molecule has 0 saturated carbocycles. The second-order valence-corrected chi connectivity index (χ2v) is 6.10. The summed E-state index contributed by atoms with van der Waals surface area (Å²) >= 11 is 0. The Morgan fingerprint density at radius 3 is 2.59 bits per heavy atom. The second kappa shape index (κ2) is 5.72. The summed E-state index contributed by atoms with van der Waals surface area (Å²) in [6.07, 6.45) is 1.48. The second-order valence-electron chi connectivity index (χ2n) is 6.10. The van der Waals surface area contributed by atoms with Crippen molar-refractivity contribution < 1.29 is 9.32 Å². The molecule has 0 unspecified atom stereocenters. The van der Waals surface area contributed by atoms with Crippen LogP contribution in [0.5, 0.6) is 0 Å². The molecule has 8 heteroatoms. The van der Waals surface area contributed by atoms with E-state index in [1.165, 1.54) is 12.3 Å². The molecule has 0 radical (unpaired) electrons. The molecule has 0 aliphatic heterocycles. The zero-order chi connectivity index (χ0) is 16.5. The normalized spacial score (nSPS) is 13.0. The van der Waals surface area contributed by atoms with E-state index in [-0.39, 0.29) is 23.0 Å². The van der Waals surface area contributed by atoms with Gasteiger partial charge < -0.3 is 21.3 Å². The zero-order valence-corrected chi connectivity index (χ0v) is 13.0. The van der Waals surface area contributed by atoms with Crippen LogP contribution in [0.3, 0.4) is 0 Å². The highest BCUT2D eigenvalue weighted by atomic mass is 16.5. The summed E-state index contributed by atoms with van der Waals surface area (Å²) in [7, 11) is 0. The Bertz CT molecular complexity index is 687. The summed E-state index contributed by atoms with van der Waals surface area (Å²) in [6, 6.07) is 1.15. The highest BCUT2D eigenvalue weighted by Crippen LogP contribution is 2.22.